The number of aromatic nitrogens is 3. The van der Waals surface area contributed by atoms with Gasteiger partial charge in [0.2, 0.25) is 5.52 Å². The molecule has 1 unspecified atom stereocenters. The van der Waals surface area contributed by atoms with Crippen LogP contribution in [0.4, 0.5) is 8.78 Å². The lowest BCUT2D eigenvalue weighted by molar-refractivity contribution is -0.652. The molecule has 0 radical (unpaired) electrons. The molecule has 2 aromatic heterocycles. The van der Waals surface area contributed by atoms with Crippen LogP contribution >= 0.6 is 0 Å². The fraction of sp³-hybridized carbons (Fsp3) is 0.250. The van der Waals surface area contributed by atoms with Gasteiger partial charge in [0.25, 0.3) is 0 Å². The average Bonchev–Trinajstić information content (AvgIpc) is 2.97. The van der Waals surface area contributed by atoms with E-state index in [4.69, 9.17) is 15.3 Å². The molecule has 1 aromatic carbocycles. The highest BCUT2D eigenvalue weighted by Gasteiger charge is 2.25. The number of aromatic amines is 1. The van der Waals surface area contributed by atoms with Crippen molar-refractivity contribution in [3.8, 4) is 17.2 Å². The zero-order valence-corrected chi connectivity index (χ0v) is 15.3. The number of H-pyrrole nitrogens is 1. The summed E-state index contributed by atoms with van der Waals surface area (Å²) >= 11 is 0. The number of nitrogens with one attached hydrogen (secondary N) is 1. The van der Waals surface area contributed by atoms with Crippen LogP contribution in [0.25, 0.3) is 11.0 Å². The largest absolute Gasteiger partial charge is 0.493 e. The second kappa shape index (κ2) is 7.74. The molecule has 3 N–H and O–H groups in total. The van der Waals surface area contributed by atoms with Crippen LogP contribution in [0.3, 0.4) is 0 Å². The molecule has 3 aromatic rings. The molecule has 0 spiro atoms. The predicted molar refractivity (Wildman–Crippen MR) is 92.7 cm³/mol. The SMILES string of the molecule is COc1ccnc(CS(=O)c2[nH]c3cc(OC(F)F)ccc3[n+]2N)c1OC. The first kappa shape index (κ1) is 18.8. The van der Waals surface area contributed by atoms with Gasteiger partial charge in [0.15, 0.2) is 17.0 Å². The van der Waals surface area contributed by atoms with Crippen LogP contribution in [0, 0.1) is 0 Å². The minimum absolute atomic E-state index is 0.00475. The van der Waals surface area contributed by atoms with Gasteiger partial charge in [0.05, 0.1) is 25.7 Å². The smallest absolute Gasteiger partial charge is 0.387 e. The third-order valence-corrected chi connectivity index (χ3v) is 5.03. The summed E-state index contributed by atoms with van der Waals surface area (Å²) in [6.45, 7) is -2.94. The first-order valence-corrected chi connectivity index (χ1v) is 8.98. The van der Waals surface area contributed by atoms with Crippen molar-refractivity contribution in [2.45, 2.75) is 17.5 Å². The Hall–Kier alpha value is -2.95. The van der Waals surface area contributed by atoms with Crippen molar-refractivity contribution < 1.29 is 31.9 Å². The van der Waals surface area contributed by atoms with E-state index in [1.54, 1.807) is 6.07 Å². The Bertz CT molecular complexity index is 996. The molecule has 0 bridgehead atoms. The topological polar surface area (TPSA) is 103 Å². The molecule has 0 aliphatic rings. The number of halogens is 2. The molecular formula is C16H17F2N4O4S+. The lowest BCUT2D eigenvalue weighted by atomic mass is 10.3. The van der Waals surface area contributed by atoms with Crippen molar-refractivity contribution >= 4 is 21.8 Å². The number of alkyl halides is 2. The van der Waals surface area contributed by atoms with Gasteiger partial charge in [-0.1, -0.05) is 0 Å². The highest BCUT2D eigenvalue weighted by Crippen LogP contribution is 2.30. The number of nitrogens with two attached hydrogens (primary N) is 1. The summed E-state index contributed by atoms with van der Waals surface area (Å²) in [5.74, 6) is 6.81. The standard InChI is InChI=1S/C16H16F2N4O4S/c1-24-13-5-6-20-11(14(13)25-2)8-27(23)16-21-10-7-9(26-15(17)18)3-4-12(10)22(16)19/h3-7,15H,8,19H2,1-2H3/p+1. The van der Waals surface area contributed by atoms with Crippen molar-refractivity contribution in [2.24, 2.45) is 0 Å². The van der Waals surface area contributed by atoms with E-state index in [-0.39, 0.29) is 16.7 Å². The highest BCUT2D eigenvalue weighted by atomic mass is 32.2. The van der Waals surface area contributed by atoms with Crippen molar-refractivity contribution in [3.05, 3.63) is 36.2 Å². The monoisotopic (exact) mass is 399 g/mol. The number of rotatable bonds is 7. The number of nitrogens with zero attached hydrogens (tertiary/aromatic N) is 2. The van der Waals surface area contributed by atoms with E-state index in [1.165, 1.54) is 43.3 Å². The average molecular weight is 399 g/mol. The van der Waals surface area contributed by atoms with Crippen LogP contribution in [0.2, 0.25) is 0 Å². The predicted octanol–water partition coefficient (Wildman–Crippen LogP) is 1.49. The fourth-order valence-corrected chi connectivity index (χ4v) is 3.73. The van der Waals surface area contributed by atoms with Gasteiger partial charge in [0, 0.05) is 18.3 Å². The first-order chi connectivity index (χ1) is 12.9. The number of benzene rings is 1. The van der Waals surface area contributed by atoms with Gasteiger partial charge >= 0.3 is 11.8 Å². The van der Waals surface area contributed by atoms with E-state index in [0.29, 0.717) is 28.2 Å². The number of hydrogen-bond acceptors (Lipinski definition) is 6. The number of methoxy groups -OCH3 is 2. The van der Waals surface area contributed by atoms with E-state index >= 15 is 0 Å². The molecule has 27 heavy (non-hydrogen) atoms. The molecule has 0 saturated carbocycles. The molecule has 0 fully saturated rings. The number of fused-ring (bicyclic) bond motifs is 1. The van der Waals surface area contributed by atoms with E-state index in [9.17, 15) is 13.0 Å². The van der Waals surface area contributed by atoms with Crippen molar-refractivity contribution in [2.75, 3.05) is 20.1 Å². The van der Waals surface area contributed by atoms with Gasteiger partial charge in [-0.25, -0.2) is 9.19 Å². The second-order valence-electron chi connectivity index (χ2n) is 5.34. The van der Waals surface area contributed by atoms with Crippen LogP contribution in [0.1, 0.15) is 5.69 Å². The highest BCUT2D eigenvalue weighted by molar-refractivity contribution is 7.83. The Morgan fingerprint density at radius 3 is 2.74 bits per heavy atom. The van der Waals surface area contributed by atoms with Crippen molar-refractivity contribution in [3.63, 3.8) is 0 Å². The van der Waals surface area contributed by atoms with E-state index < -0.39 is 17.4 Å². The maximum absolute atomic E-state index is 12.8. The Morgan fingerprint density at radius 1 is 1.30 bits per heavy atom. The molecule has 0 saturated heterocycles. The van der Waals surface area contributed by atoms with E-state index in [1.807, 2.05) is 0 Å². The summed E-state index contributed by atoms with van der Waals surface area (Å²) in [6.07, 6.45) is 1.52. The maximum atomic E-state index is 12.8. The van der Waals surface area contributed by atoms with Gasteiger partial charge in [-0.2, -0.15) is 8.78 Å². The van der Waals surface area contributed by atoms with Crippen molar-refractivity contribution in [1.82, 2.24) is 9.97 Å². The van der Waals surface area contributed by atoms with E-state index in [0.717, 1.165) is 0 Å². The van der Waals surface area contributed by atoms with Gasteiger partial charge in [-0.15, -0.1) is 4.68 Å². The van der Waals surface area contributed by atoms with Gasteiger partial charge in [-0.3, -0.25) is 10.8 Å². The van der Waals surface area contributed by atoms with Gasteiger partial charge in [0.1, 0.15) is 16.5 Å². The molecule has 1 atom stereocenters. The molecule has 0 amide bonds. The lowest BCUT2D eigenvalue weighted by Crippen LogP contribution is -2.47. The Kier molecular flexibility index (Phi) is 5.40. The van der Waals surface area contributed by atoms with Crippen LogP contribution in [-0.4, -0.2) is 35.0 Å². The summed E-state index contributed by atoms with van der Waals surface area (Å²) in [4.78, 5) is 7.07. The van der Waals surface area contributed by atoms with Crippen molar-refractivity contribution in [1.29, 1.82) is 0 Å². The van der Waals surface area contributed by atoms with Crippen LogP contribution in [0.15, 0.2) is 35.6 Å². The summed E-state index contributed by atoms with van der Waals surface area (Å²) in [7, 11) is 1.33. The zero-order chi connectivity index (χ0) is 19.6. The summed E-state index contributed by atoms with van der Waals surface area (Å²) in [5.41, 5.74) is 1.31. The minimum Gasteiger partial charge on any atom is -0.493 e. The van der Waals surface area contributed by atoms with E-state index in [2.05, 4.69) is 14.7 Å². The number of pyridine rings is 1. The van der Waals surface area contributed by atoms with Crippen LogP contribution in [0.5, 0.6) is 17.2 Å². The van der Waals surface area contributed by atoms with Crippen LogP contribution in [-0.2, 0) is 16.6 Å². The molecule has 2 heterocycles. The van der Waals surface area contributed by atoms with Crippen LogP contribution < -0.4 is 24.7 Å². The number of hydrogen-bond donors (Lipinski definition) is 2. The number of nitrogen functional groups attached to an aromatic ring is 1. The zero-order valence-electron chi connectivity index (χ0n) is 14.4. The number of imidazole rings is 1. The quantitative estimate of drug-likeness (QED) is 0.461. The molecule has 11 heteroatoms. The molecule has 144 valence electrons. The fourth-order valence-electron chi connectivity index (χ4n) is 2.60. The third kappa shape index (κ3) is 3.77. The lowest BCUT2D eigenvalue weighted by Gasteiger charge is -2.10. The summed E-state index contributed by atoms with van der Waals surface area (Å²) in [5, 5.41) is 0.186. The van der Waals surface area contributed by atoms with Gasteiger partial charge in [-0.05, 0) is 12.1 Å². The minimum atomic E-state index is -2.94. The molecular weight excluding hydrogens is 382 g/mol. The second-order valence-corrected chi connectivity index (χ2v) is 6.71. The molecule has 0 aliphatic heterocycles. The van der Waals surface area contributed by atoms with Gasteiger partial charge < -0.3 is 14.2 Å². The Labute approximate surface area is 155 Å². The summed E-state index contributed by atoms with van der Waals surface area (Å²) in [6, 6.07) is 5.83. The normalized spacial score (nSPS) is 12.3. The third-order valence-electron chi connectivity index (χ3n) is 3.76. The summed E-state index contributed by atoms with van der Waals surface area (Å²) < 4.78 is 53.6. The molecule has 8 nitrogen and oxygen atoms in total. The Morgan fingerprint density at radius 2 is 2.07 bits per heavy atom. The molecule has 3 rings (SSSR count). The molecule has 0 aliphatic carbocycles. The first-order valence-electron chi connectivity index (χ1n) is 7.66. The Balaban J connectivity index is 1.93. The maximum Gasteiger partial charge on any atom is 0.387 e. The number of ether oxygens (including phenoxy) is 3.